The van der Waals surface area contributed by atoms with Crippen LogP contribution in [0.15, 0.2) is 48.5 Å². The fourth-order valence-corrected chi connectivity index (χ4v) is 3.13. The van der Waals surface area contributed by atoms with Crippen LogP contribution in [0, 0.1) is 0 Å². The number of hydrogen-bond donors (Lipinski definition) is 3. The van der Waals surface area contributed by atoms with Gasteiger partial charge in [0.2, 0.25) is 0 Å². The largest absolute Gasteiger partial charge is 0.396 e. The quantitative estimate of drug-likeness (QED) is 0.559. The van der Waals surface area contributed by atoms with Crippen LogP contribution < -0.4 is 21.9 Å². The maximum atomic E-state index is 6.46. The molecule has 5 N–H and O–H groups in total. The zero-order valence-corrected chi connectivity index (χ0v) is 13.9. The smallest absolute Gasteiger partial charge is 0.0816 e. The number of benzene rings is 2. The fraction of sp³-hybridized carbons (Fsp3) is 0.263. The average molecular weight is 308 g/mol. The summed E-state index contributed by atoms with van der Waals surface area (Å²) in [6, 6.07) is 16.5. The minimum Gasteiger partial charge on any atom is -0.396 e. The summed E-state index contributed by atoms with van der Waals surface area (Å²) in [5.74, 6) is 5.83. The average Bonchev–Trinajstić information content (AvgIpc) is 2.52. The maximum absolute atomic E-state index is 6.46. The van der Waals surface area contributed by atoms with Crippen molar-refractivity contribution in [2.24, 2.45) is 11.6 Å². The third kappa shape index (κ3) is 2.66. The highest BCUT2D eigenvalue weighted by molar-refractivity contribution is 5.93. The molecule has 0 atom stereocenters. The summed E-state index contributed by atoms with van der Waals surface area (Å²) >= 11 is 0. The molecule has 0 saturated carbocycles. The van der Waals surface area contributed by atoms with Gasteiger partial charge in [0, 0.05) is 28.9 Å². The summed E-state index contributed by atoms with van der Waals surface area (Å²) in [5, 5.41) is 0. The lowest BCUT2D eigenvalue weighted by Crippen LogP contribution is -2.42. The van der Waals surface area contributed by atoms with Gasteiger partial charge in [0.1, 0.15) is 0 Å². The zero-order chi connectivity index (χ0) is 16.6. The van der Waals surface area contributed by atoms with Crippen molar-refractivity contribution < 1.29 is 0 Å². The molecule has 0 unspecified atom stereocenters. The summed E-state index contributed by atoms with van der Waals surface area (Å²) in [5.41, 5.74) is 15.1. The van der Waals surface area contributed by atoms with E-state index in [0.29, 0.717) is 5.70 Å². The van der Waals surface area contributed by atoms with E-state index in [1.807, 2.05) is 12.1 Å². The topological polar surface area (TPSA) is 67.3 Å². The van der Waals surface area contributed by atoms with E-state index in [-0.39, 0.29) is 5.54 Å². The predicted octanol–water partition coefficient (Wildman–Crippen LogP) is 3.05. The molecular formula is C19H24N4. The van der Waals surface area contributed by atoms with Gasteiger partial charge in [-0.1, -0.05) is 42.5 Å². The Morgan fingerprint density at radius 2 is 1.57 bits per heavy atom. The van der Waals surface area contributed by atoms with Gasteiger partial charge in [0.25, 0.3) is 0 Å². The lowest BCUT2D eigenvalue weighted by Gasteiger charge is -2.40. The fourth-order valence-electron chi connectivity index (χ4n) is 3.13. The monoisotopic (exact) mass is 308 g/mol. The van der Waals surface area contributed by atoms with E-state index in [1.54, 1.807) is 0 Å². The number of nitrogens with two attached hydrogens (primary N) is 2. The van der Waals surface area contributed by atoms with Crippen LogP contribution in [0.4, 0.5) is 5.69 Å². The van der Waals surface area contributed by atoms with Crippen molar-refractivity contribution in [3.63, 3.8) is 0 Å². The first-order valence-electron chi connectivity index (χ1n) is 7.85. The molecule has 0 radical (unpaired) electrons. The van der Waals surface area contributed by atoms with Gasteiger partial charge in [-0.05, 0) is 32.4 Å². The minimum atomic E-state index is -0.0327. The third-order valence-electron chi connectivity index (χ3n) is 4.32. The number of anilines is 1. The highest BCUT2D eigenvalue weighted by Crippen LogP contribution is 2.37. The summed E-state index contributed by atoms with van der Waals surface area (Å²) in [4.78, 5) is 2.39. The molecule has 4 heteroatoms. The third-order valence-corrected chi connectivity index (χ3v) is 4.32. The van der Waals surface area contributed by atoms with E-state index in [0.717, 1.165) is 29.1 Å². The molecule has 0 aromatic heterocycles. The van der Waals surface area contributed by atoms with E-state index in [1.165, 1.54) is 5.56 Å². The standard InChI is InChI=1S/C19H24N4/c1-19(2,3)23-12-13-8-4-5-9-14(13)17(20)18(22-21)15-10-6-7-11-16(15)23/h4-11,22H,12,20-21H2,1-3H3/b18-17-. The molecular weight excluding hydrogens is 284 g/mol. The van der Waals surface area contributed by atoms with Crippen LogP contribution in [0.3, 0.4) is 0 Å². The van der Waals surface area contributed by atoms with Crippen molar-refractivity contribution in [3.8, 4) is 0 Å². The van der Waals surface area contributed by atoms with E-state index >= 15 is 0 Å². The molecule has 1 aliphatic heterocycles. The van der Waals surface area contributed by atoms with Gasteiger partial charge in [-0.2, -0.15) is 0 Å². The van der Waals surface area contributed by atoms with Crippen LogP contribution in [0.25, 0.3) is 11.4 Å². The van der Waals surface area contributed by atoms with Crippen LogP contribution in [0.2, 0.25) is 0 Å². The second-order valence-corrected chi connectivity index (χ2v) is 6.86. The van der Waals surface area contributed by atoms with Crippen molar-refractivity contribution in [2.75, 3.05) is 4.90 Å². The molecule has 0 spiro atoms. The van der Waals surface area contributed by atoms with Gasteiger partial charge in [-0.25, -0.2) is 0 Å². The van der Waals surface area contributed by atoms with E-state index < -0.39 is 0 Å². The molecule has 0 aliphatic carbocycles. The molecule has 4 nitrogen and oxygen atoms in total. The number of rotatable bonds is 1. The highest BCUT2D eigenvalue weighted by atomic mass is 15.2. The zero-order valence-electron chi connectivity index (χ0n) is 13.9. The molecule has 0 bridgehead atoms. The molecule has 3 rings (SSSR count). The van der Waals surface area contributed by atoms with Crippen LogP contribution in [-0.4, -0.2) is 5.54 Å². The number of para-hydroxylation sites is 1. The normalized spacial score (nSPS) is 17.8. The highest BCUT2D eigenvalue weighted by Gasteiger charge is 2.28. The molecule has 0 amide bonds. The van der Waals surface area contributed by atoms with Crippen LogP contribution in [-0.2, 0) is 6.54 Å². The Kier molecular flexibility index (Phi) is 3.78. The van der Waals surface area contributed by atoms with Gasteiger partial charge in [-0.3, -0.25) is 5.84 Å². The van der Waals surface area contributed by atoms with Gasteiger partial charge in [-0.15, -0.1) is 0 Å². The number of fused-ring (bicyclic) bond motifs is 2. The summed E-state index contributed by atoms with van der Waals surface area (Å²) < 4.78 is 0. The van der Waals surface area contributed by atoms with Crippen molar-refractivity contribution in [3.05, 3.63) is 65.2 Å². The Morgan fingerprint density at radius 1 is 0.957 bits per heavy atom. The molecule has 2 aromatic carbocycles. The van der Waals surface area contributed by atoms with Crippen LogP contribution >= 0.6 is 0 Å². The summed E-state index contributed by atoms with van der Waals surface area (Å²) in [6.45, 7) is 7.46. The van der Waals surface area contributed by atoms with Gasteiger partial charge < -0.3 is 16.1 Å². The summed E-state index contributed by atoms with van der Waals surface area (Å²) in [7, 11) is 0. The predicted molar refractivity (Wildman–Crippen MR) is 97.1 cm³/mol. The summed E-state index contributed by atoms with van der Waals surface area (Å²) in [6.07, 6.45) is 0. The van der Waals surface area contributed by atoms with E-state index in [2.05, 4.69) is 67.5 Å². The van der Waals surface area contributed by atoms with Crippen molar-refractivity contribution in [1.29, 1.82) is 0 Å². The van der Waals surface area contributed by atoms with Gasteiger partial charge in [0.05, 0.1) is 11.4 Å². The number of hydrazine groups is 1. The van der Waals surface area contributed by atoms with E-state index in [4.69, 9.17) is 11.6 Å². The van der Waals surface area contributed by atoms with Crippen molar-refractivity contribution in [2.45, 2.75) is 32.9 Å². The second kappa shape index (κ2) is 5.63. The maximum Gasteiger partial charge on any atom is 0.0816 e. The first-order chi connectivity index (χ1) is 10.9. The molecule has 23 heavy (non-hydrogen) atoms. The Labute approximate surface area is 137 Å². The van der Waals surface area contributed by atoms with Crippen LogP contribution in [0.5, 0.6) is 0 Å². The molecule has 2 aromatic rings. The van der Waals surface area contributed by atoms with Crippen molar-refractivity contribution in [1.82, 2.24) is 5.43 Å². The van der Waals surface area contributed by atoms with Gasteiger partial charge in [0.15, 0.2) is 0 Å². The second-order valence-electron chi connectivity index (χ2n) is 6.86. The molecule has 1 heterocycles. The Hall–Kier alpha value is -2.46. The lowest BCUT2D eigenvalue weighted by molar-refractivity contribution is 0.500. The van der Waals surface area contributed by atoms with Crippen molar-refractivity contribution >= 4 is 17.1 Å². The van der Waals surface area contributed by atoms with Gasteiger partial charge >= 0.3 is 0 Å². The molecule has 0 fully saturated rings. The first kappa shape index (κ1) is 15.4. The Bertz CT molecular complexity index is 756. The first-order valence-corrected chi connectivity index (χ1v) is 7.85. The molecule has 120 valence electrons. The lowest BCUT2D eigenvalue weighted by atomic mass is 9.93. The van der Waals surface area contributed by atoms with Crippen LogP contribution in [0.1, 0.15) is 37.5 Å². The molecule has 1 aliphatic rings. The minimum absolute atomic E-state index is 0.0327. The Morgan fingerprint density at radius 3 is 2.22 bits per heavy atom. The number of nitrogens with one attached hydrogen (secondary N) is 1. The molecule has 0 saturated heterocycles. The number of nitrogens with zero attached hydrogens (tertiary/aromatic N) is 1. The van der Waals surface area contributed by atoms with E-state index in [9.17, 15) is 0 Å². The Balaban J connectivity index is 2.35. The SMILES string of the molecule is CC(C)(C)N1Cc2ccccc2/C(N)=C(/NN)c2ccccc21. The number of hydrogen-bond acceptors (Lipinski definition) is 4.